The van der Waals surface area contributed by atoms with Crippen LogP contribution in [0.5, 0.6) is 5.75 Å². The molecule has 4 aromatic rings. The number of nitro benzene ring substituents is 1. The minimum atomic E-state index is -0.488. The summed E-state index contributed by atoms with van der Waals surface area (Å²) in [6, 6.07) is 22.6. The van der Waals surface area contributed by atoms with E-state index in [9.17, 15) is 14.9 Å². The second kappa shape index (κ2) is 9.48. The number of non-ortho nitro benzene ring substituents is 1. The predicted molar refractivity (Wildman–Crippen MR) is 121 cm³/mol. The number of nitrogens with one attached hydrogen (secondary N) is 1. The van der Waals surface area contributed by atoms with E-state index in [1.807, 2.05) is 30.3 Å². The molecule has 3 aromatic carbocycles. The molecule has 0 aliphatic carbocycles. The van der Waals surface area contributed by atoms with E-state index >= 15 is 0 Å². The number of ether oxygens (including phenoxy) is 1. The van der Waals surface area contributed by atoms with Crippen molar-refractivity contribution >= 4 is 28.7 Å². The molecule has 1 N–H and O–H groups in total. The molecule has 0 atom stereocenters. The molecule has 0 aliphatic heterocycles. The van der Waals surface area contributed by atoms with Crippen molar-refractivity contribution < 1.29 is 14.5 Å². The Hall–Kier alpha value is -4.59. The van der Waals surface area contributed by atoms with E-state index < -0.39 is 10.8 Å². The zero-order valence-electron chi connectivity index (χ0n) is 16.8. The lowest BCUT2D eigenvalue weighted by Crippen LogP contribution is -2.17. The largest absolute Gasteiger partial charge is 0.487 e. The molecule has 0 saturated heterocycles. The zero-order chi connectivity index (χ0) is 22.3. The molecule has 0 unspecified atom stereocenters. The van der Waals surface area contributed by atoms with Crippen molar-refractivity contribution in [3.05, 3.63) is 112 Å². The highest BCUT2D eigenvalue weighted by molar-refractivity contribution is 5.95. The maximum atomic E-state index is 12.3. The summed E-state index contributed by atoms with van der Waals surface area (Å²) in [5.41, 5.74) is 5.00. The van der Waals surface area contributed by atoms with Crippen LogP contribution in [-0.4, -0.2) is 22.0 Å². The lowest BCUT2D eigenvalue weighted by Gasteiger charge is -2.09. The predicted octanol–water partition coefficient (Wildman–Crippen LogP) is 4.49. The van der Waals surface area contributed by atoms with Crippen molar-refractivity contribution in [1.29, 1.82) is 0 Å². The van der Waals surface area contributed by atoms with Crippen LogP contribution < -0.4 is 10.2 Å². The number of carbonyl (C=O) groups is 1. The van der Waals surface area contributed by atoms with Gasteiger partial charge < -0.3 is 4.74 Å². The van der Waals surface area contributed by atoms with E-state index in [4.69, 9.17) is 4.74 Å². The summed E-state index contributed by atoms with van der Waals surface area (Å²) in [5, 5.41) is 15.7. The summed E-state index contributed by atoms with van der Waals surface area (Å²) >= 11 is 0. The van der Waals surface area contributed by atoms with Crippen molar-refractivity contribution in [3.8, 4) is 5.75 Å². The number of hydrogen-bond donors (Lipinski definition) is 1. The van der Waals surface area contributed by atoms with Crippen LogP contribution in [0.1, 0.15) is 21.5 Å². The minimum absolute atomic E-state index is 0.0441. The van der Waals surface area contributed by atoms with Gasteiger partial charge in [0.25, 0.3) is 11.6 Å². The summed E-state index contributed by atoms with van der Waals surface area (Å²) < 4.78 is 5.91. The zero-order valence-corrected chi connectivity index (χ0v) is 16.8. The van der Waals surface area contributed by atoms with Crippen LogP contribution in [0.2, 0.25) is 0 Å². The highest BCUT2D eigenvalue weighted by atomic mass is 16.6. The number of fused-ring (bicyclic) bond motifs is 1. The van der Waals surface area contributed by atoms with Crippen LogP contribution in [0, 0.1) is 10.1 Å². The van der Waals surface area contributed by atoms with Gasteiger partial charge in [-0.2, -0.15) is 5.10 Å². The molecule has 0 aliphatic rings. The maximum Gasteiger partial charge on any atom is 0.271 e. The molecule has 0 radical (unpaired) electrons. The maximum absolute atomic E-state index is 12.3. The van der Waals surface area contributed by atoms with Crippen LogP contribution in [-0.2, 0) is 6.61 Å². The second-order valence-electron chi connectivity index (χ2n) is 6.87. The third kappa shape index (κ3) is 4.93. The van der Waals surface area contributed by atoms with Gasteiger partial charge in [-0.15, -0.1) is 0 Å². The lowest BCUT2D eigenvalue weighted by atomic mass is 10.1. The molecule has 0 bridgehead atoms. The summed E-state index contributed by atoms with van der Waals surface area (Å²) in [7, 11) is 0. The number of para-hydroxylation sites is 1. The number of amides is 1. The van der Waals surface area contributed by atoms with Gasteiger partial charge in [-0.3, -0.25) is 19.9 Å². The number of hydrogen-bond acceptors (Lipinski definition) is 6. The van der Waals surface area contributed by atoms with Crippen LogP contribution in [0.3, 0.4) is 0 Å². The van der Waals surface area contributed by atoms with Crippen molar-refractivity contribution in [2.75, 3.05) is 0 Å². The fourth-order valence-corrected chi connectivity index (χ4v) is 3.05. The van der Waals surface area contributed by atoms with Gasteiger partial charge in [0, 0.05) is 34.8 Å². The van der Waals surface area contributed by atoms with Crippen LogP contribution in [0.25, 0.3) is 10.9 Å². The Balaban J connectivity index is 1.35. The Morgan fingerprint density at radius 3 is 2.66 bits per heavy atom. The minimum Gasteiger partial charge on any atom is -0.487 e. The first-order valence-corrected chi connectivity index (χ1v) is 9.73. The van der Waals surface area contributed by atoms with E-state index in [1.165, 1.54) is 18.3 Å². The fourth-order valence-electron chi connectivity index (χ4n) is 3.05. The third-order valence-corrected chi connectivity index (χ3v) is 4.67. The van der Waals surface area contributed by atoms with Gasteiger partial charge in [-0.05, 0) is 29.8 Å². The Bertz CT molecular complexity index is 1300. The number of carbonyl (C=O) groups excluding carboxylic acids is 1. The second-order valence-corrected chi connectivity index (χ2v) is 6.87. The van der Waals surface area contributed by atoms with E-state index in [1.54, 1.807) is 42.6 Å². The number of rotatable bonds is 7. The molecule has 0 fully saturated rings. The number of pyridine rings is 1. The highest BCUT2D eigenvalue weighted by Crippen LogP contribution is 2.24. The molecule has 32 heavy (non-hydrogen) atoms. The number of hydrazone groups is 1. The van der Waals surface area contributed by atoms with Gasteiger partial charge in [-0.25, -0.2) is 5.43 Å². The van der Waals surface area contributed by atoms with Gasteiger partial charge in [-0.1, -0.05) is 42.5 Å². The number of aromatic nitrogens is 1. The van der Waals surface area contributed by atoms with Gasteiger partial charge in [0.05, 0.1) is 11.1 Å². The molecular formula is C24H18N4O4. The number of nitro groups is 1. The van der Waals surface area contributed by atoms with Crippen molar-refractivity contribution in [2.45, 2.75) is 6.61 Å². The number of benzene rings is 3. The SMILES string of the molecule is O=C(N/N=C\c1cccc([N+](=O)[O-])c1)c1ccc(COc2cccc3cccnc23)cc1. The van der Waals surface area contributed by atoms with E-state index in [-0.39, 0.29) is 5.69 Å². The Morgan fingerprint density at radius 2 is 1.84 bits per heavy atom. The van der Waals surface area contributed by atoms with Crippen LogP contribution in [0.4, 0.5) is 5.69 Å². The standard InChI is InChI=1S/C24H18N4O4/c29-24(27-26-15-18-4-1-7-21(14-18)28(30)31)20-11-9-17(10-12-20)16-32-22-8-2-5-19-6-3-13-25-23(19)22/h1-15H,16H2,(H,27,29)/b26-15-. The summed E-state index contributed by atoms with van der Waals surface area (Å²) in [4.78, 5) is 27.0. The van der Waals surface area contributed by atoms with Crippen molar-refractivity contribution in [2.24, 2.45) is 5.10 Å². The molecule has 1 amide bonds. The smallest absolute Gasteiger partial charge is 0.271 e. The topological polar surface area (TPSA) is 107 Å². The molecule has 8 nitrogen and oxygen atoms in total. The first-order valence-electron chi connectivity index (χ1n) is 9.73. The van der Waals surface area contributed by atoms with Crippen molar-refractivity contribution in [3.63, 3.8) is 0 Å². The van der Waals surface area contributed by atoms with Gasteiger partial charge >= 0.3 is 0 Å². The molecular weight excluding hydrogens is 408 g/mol. The fraction of sp³-hybridized carbons (Fsp3) is 0.0417. The molecule has 1 aromatic heterocycles. The van der Waals surface area contributed by atoms with Gasteiger partial charge in [0.1, 0.15) is 17.9 Å². The van der Waals surface area contributed by atoms with E-state index in [2.05, 4.69) is 15.5 Å². The Kier molecular flexibility index (Phi) is 6.12. The van der Waals surface area contributed by atoms with Crippen LogP contribution in [0.15, 0.2) is 90.2 Å². The molecule has 1 heterocycles. The van der Waals surface area contributed by atoms with Gasteiger partial charge in [0.15, 0.2) is 0 Å². The first-order chi connectivity index (χ1) is 15.6. The van der Waals surface area contributed by atoms with E-state index in [0.717, 1.165) is 16.5 Å². The molecule has 4 rings (SSSR count). The first kappa shape index (κ1) is 20.7. The lowest BCUT2D eigenvalue weighted by molar-refractivity contribution is -0.384. The average molecular weight is 426 g/mol. The quantitative estimate of drug-likeness (QED) is 0.266. The number of nitrogens with zero attached hydrogens (tertiary/aromatic N) is 3. The summed E-state index contributed by atoms with van der Waals surface area (Å²) in [6.07, 6.45) is 3.08. The Labute approximate surface area is 183 Å². The molecule has 0 spiro atoms. The normalized spacial score (nSPS) is 10.9. The molecule has 158 valence electrons. The summed E-state index contributed by atoms with van der Waals surface area (Å²) in [6.45, 7) is 0.336. The van der Waals surface area contributed by atoms with Crippen LogP contribution >= 0.6 is 0 Å². The van der Waals surface area contributed by atoms with E-state index in [0.29, 0.717) is 23.5 Å². The molecule has 0 saturated carbocycles. The third-order valence-electron chi connectivity index (χ3n) is 4.67. The summed E-state index contributed by atoms with van der Waals surface area (Å²) in [5.74, 6) is 0.304. The molecule has 8 heteroatoms. The van der Waals surface area contributed by atoms with Crippen molar-refractivity contribution in [1.82, 2.24) is 10.4 Å². The average Bonchev–Trinajstić information content (AvgIpc) is 2.83. The Morgan fingerprint density at radius 1 is 1.06 bits per heavy atom. The van der Waals surface area contributed by atoms with Gasteiger partial charge in [0.2, 0.25) is 0 Å². The monoisotopic (exact) mass is 426 g/mol. The highest BCUT2D eigenvalue weighted by Gasteiger charge is 2.07.